The van der Waals surface area contributed by atoms with Gasteiger partial charge in [0.05, 0.1) is 0 Å². The van der Waals surface area contributed by atoms with Crippen molar-refractivity contribution in [2.45, 2.75) is 13.3 Å². The molecule has 0 aliphatic rings. The molecule has 1 radical (unpaired) electrons. The molecular formula is C10H9. The number of hydrogen-bond acceptors (Lipinski definition) is 0. The molecule has 0 spiro atoms. The van der Waals surface area contributed by atoms with Crippen LogP contribution >= 0.6 is 0 Å². The van der Waals surface area contributed by atoms with Crippen LogP contribution < -0.4 is 0 Å². The second-order valence-electron chi connectivity index (χ2n) is 2.10. The lowest BCUT2D eigenvalue weighted by Crippen LogP contribution is -1.79. The predicted octanol–water partition coefficient (Wildman–Crippen LogP) is 2.03. The van der Waals surface area contributed by atoms with E-state index in [4.69, 9.17) is 6.42 Å². The Labute approximate surface area is 61.9 Å². The average molecular weight is 129 g/mol. The molecule has 1 aromatic carbocycles. The summed E-state index contributed by atoms with van der Waals surface area (Å²) in [7, 11) is 0. The summed E-state index contributed by atoms with van der Waals surface area (Å²) >= 11 is 0. The quantitative estimate of drug-likeness (QED) is 0.509. The van der Waals surface area contributed by atoms with Crippen molar-refractivity contribution in [3.05, 3.63) is 35.4 Å². The first-order valence-electron chi connectivity index (χ1n) is 3.34. The molecule has 0 aliphatic heterocycles. The highest BCUT2D eigenvalue weighted by Gasteiger charge is 1.87. The van der Waals surface area contributed by atoms with Gasteiger partial charge < -0.3 is 0 Å². The molecule has 0 saturated carbocycles. The third-order valence-corrected chi connectivity index (χ3v) is 1.42. The van der Waals surface area contributed by atoms with Gasteiger partial charge in [0.25, 0.3) is 0 Å². The van der Waals surface area contributed by atoms with Gasteiger partial charge in [-0.25, -0.2) is 0 Å². The molecule has 0 aromatic heterocycles. The van der Waals surface area contributed by atoms with Gasteiger partial charge in [0.1, 0.15) is 0 Å². The highest BCUT2D eigenvalue weighted by Crippen LogP contribution is 2.01. The van der Waals surface area contributed by atoms with Gasteiger partial charge in [0, 0.05) is 5.56 Å². The zero-order valence-corrected chi connectivity index (χ0v) is 6.02. The van der Waals surface area contributed by atoms with Gasteiger partial charge in [-0.15, -0.1) is 6.42 Å². The third-order valence-electron chi connectivity index (χ3n) is 1.42. The van der Waals surface area contributed by atoms with E-state index >= 15 is 0 Å². The first-order valence-corrected chi connectivity index (χ1v) is 3.34. The summed E-state index contributed by atoms with van der Waals surface area (Å²) in [4.78, 5) is 0. The van der Waals surface area contributed by atoms with Crippen molar-refractivity contribution in [3.63, 3.8) is 0 Å². The molecule has 0 heteroatoms. The van der Waals surface area contributed by atoms with Crippen molar-refractivity contribution in [2.24, 2.45) is 0 Å². The molecular weight excluding hydrogens is 120 g/mol. The van der Waals surface area contributed by atoms with Crippen molar-refractivity contribution in [3.8, 4) is 12.3 Å². The summed E-state index contributed by atoms with van der Waals surface area (Å²) in [6, 6.07) is 8.89. The third kappa shape index (κ3) is 1.39. The number of hydrogen-bond donors (Lipinski definition) is 0. The van der Waals surface area contributed by atoms with E-state index in [0.717, 1.165) is 12.0 Å². The fourth-order valence-corrected chi connectivity index (χ4v) is 0.767. The highest BCUT2D eigenvalue weighted by molar-refractivity contribution is 5.33. The molecule has 0 amide bonds. The molecule has 0 aliphatic carbocycles. The smallest absolute Gasteiger partial charge is 0.0248 e. The average Bonchev–Trinajstić information content (AvgIpc) is 2.05. The van der Waals surface area contributed by atoms with Gasteiger partial charge in [-0.05, 0) is 30.2 Å². The van der Waals surface area contributed by atoms with Crippen molar-refractivity contribution in [2.75, 3.05) is 0 Å². The van der Waals surface area contributed by atoms with Crippen LogP contribution in [-0.2, 0) is 6.42 Å². The van der Waals surface area contributed by atoms with E-state index in [1.165, 1.54) is 5.56 Å². The monoisotopic (exact) mass is 129 g/mol. The topological polar surface area (TPSA) is 0 Å². The second kappa shape index (κ2) is 3.08. The van der Waals surface area contributed by atoms with Crippen LogP contribution in [0.25, 0.3) is 0 Å². The maximum Gasteiger partial charge on any atom is 0.0248 e. The highest BCUT2D eigenvalue weighted by atomic mass is 13.9. The van der Waals surface area contributed by atoms with Crippen molar-refractivity contribution in [1.29, 1.82) is 0 Å². The molecule has 0 N–H and O–H groups in total. The Hall–Kier alpha value is -1.22. The molecule has 0 bridgehead atoms. The fourth-order valence-electron chi connectivity index (χ4n) is 0.767. The SMILES string of the molecule is C#Cc1c[c]c(CC)cc1. The van der Waals surface area contributed by atoms with Gasteiger partial charge in [0.2, 0.25) is 0 Å². The van der Waals surface area contributed by atoms with E-state index in [1.54, 1.807) is 0 Å². The van der Waals surface area contributed by atoms with E-state index in [2.05, 4.69) is 18.9 Å². The lowest BCUT2D eigenvalue weighted by Gasteiger charge is -1.93. The van der Waals surface area contributed by atoms with E-state index in [-0.39, 0.29) is 0 Å². The fraction of sp³-hybridized carbons (Fsp3) is 0.200. The Bertz CT molecular complexity index is 236. The van der Waals surface area contributed by atoms with Crippen LogP contribution in [0.3, 0.4) is 0 Å². The minimum Gasteiger partial charge on any atom is -0.115 e. The minimum atomic E-state index is 0.900. The Morgan fingerprint density at radius 3 is 2.80 bits per heavy atom. The van der Waals surface area contributed by atoms with E-state index in [9.17, 15) is 0 Å². The van der Waals surface area contributed by atoms with E-state index in [1.807, 2.05) is 18.2 Å². The summed E-state index contributed by atoms with van der Waals surface area (Å²) in [5.74, 6) is 2.55. The van der Waals surface area contributed by atoms with Crippen molar-refractivity contribution < 1.29 is 0 Å². The van der Waals surface area contributed by atoms with Crippen LogP contribution in [0.15, 0.2) is 18.2 Å². The largest absolute Gasteiger partial charge is 0.115 e. The zero-order valence-electron chi connectivity index (χ0n) is 6.02. The molecule has 0 nitrogen and oxygen atoms in total. The normalized spacial score (nSPS) is 8.80. The second-order valence-corrected chi connectivity index (χ2v) is 2.10. The van der Waals surface area contributed by atoms with Gasteiger partial charge in [0.15, 0.2) is 0 Å². The Balaban J connectivity index is 2.93. The van der Waals surface area contributed by atoms with Crippen LogP contribution in [-0.4, -0.2) is 0 Å². The molecule has 0 saturated heterocycles. The molecule has 1 rings (SSSR count). The zero-order chi connectivity index (χ0) is 7.40. The summed E-state index contributed by atoms with van der Waals surface area (Å²) in [6.07, 6.45) is 6.19. The first kappa shape index (κ1) is 6.89. The first-order chi connectivity index (χ1) is 4.86. The predicted molar refractivity (Wildman–Crippen MR) is 42.6 cm³/mol. The van der Waals surface area contributed by atoms with Crippen molar-refractivity contribution in [1.82, 2.24) is 0 Å². The van der Waals surface area contributed by atoms with Crippen LogP contribution in [0.4, 0.5) is 0 Å². The Morgan fingerprint density at radius 1 is 1.60 bits per heavy atom. The summed E-state index contributed by atoms with van der Waals surface area (Å²) in [5.41, 5.74) is 2.11. The molecule has 1 aromatic rings. The van der Waals surface area contributed by atoms with Crippen molar-refractivity contribution >= 4 is 0 Å². The lowest BCUT2D eigenvalue weighted by atomic mass is 10.1. The number of rotatable bonds is 1. The molecule has 0 unspecified atom stereocenters. The molecule has 10 heavy (non-hydrogen) atoms. The van der Waals surface area contributed by atoms with Gasteiger partial charge in [-0.3, -0.25) is 0 Å². The van der Waals surface area contributed by atoms with E-state index in [0.29, 0.717) is 0 Å². The molecule has 0 fully saturated rings. The summed E-state index contributed by atoms with van der Waals surface area (Å²) in [5, 5.41) is 0. The molecule has 49 valence electrons. The Morgan fingerprint density at radius 2 is 2.40 bits per heavy atom. The van der Waals surface area contributed by atoms with E-state index < -0.39 is 0 Å². The summed E-state index contributed by atoms with van der Waals surface area (Å²) in [6.45, 7) is 2.10. The number of benzene rings is 1. The maximum atomic E-state index is 5.17. The van der Waals surface area contributed by atoms with Gasteiger partial charge >= 0.3 is 0 Å². The van der Waals surface area contributed by atoms with Crippen LogP contribution in [0, 0.1) is 18.4 Å². The molecule has 0 atom stereocenters. The van der Waals surface area contributed by atoms with Crippen LogP contribution in [0.1, 0.15) is 18.1 Å². The Kier molecular flexibility index (Phi) is 2.12. The molecule has 0 heterocycles. The lowest BCUT2D eigenvalue weighted by molar-refractivity contribution is 1.13. The number of aryl methyl sites for hydroxylation is 1. The number of terminal acetylenes is 1. The summed E-state index contributed by atoms with van der Waals surface area (Å²) < 4.78 is 0. The van der Waals surface area contributed by atoms with Crippen LogP contribution in [0.5, 0.6) is 0 Å². The standard InChI is InChI=1S/C10H9/c1-3-9-5-7-10(4-2)8-6-9/h1,5-7H,4H2,2H3. The van der Waals surface area contributed by atoms with Gasteiger partial charge in [-0.1, -0.05) is 18.9 Å². The minimum absolute atomic E-state index is 0.900. The maximum absolute atomic E-state index is 5.17. The van der Waals surface area contributed by atoms with Gasteiger partial charge in [-0.2, -0.15) is 0 Å². The van der Waals surface area contributed by atoms with Crippen LogP contribution in [0.2, 0.25) is 0 Å².